The van der Waals surface area contributed by atoms with Gasteiger partial charge in [-0.1, -0.05) is 164 Å². The van der Waals surface area contributed by atoms with Gasteiger partial charge in [-0.05, 0) is 77.0 Å². The molecule has 0 spiro atoms. The van der Waals surface area contributed by atoms with Crippen molar-refractivity contribution in [2.45, 2.75) is 236 Å². The lowest BCUT2D eigenvalue weighted by Crippen LogP contribution is -2.64. The smallest absolute Gasteiger partial charge is 0.462 e. The Kier molecular flexibility index (Phi) is 37.8. The zero-order valence-electron chi connectivity index (χ0n) is 40.0. The Labute approximate surface area is 392 Å². The molecule has 1 rings (SSSR count). The number of carbonyl (C=O) groups excluding carboxylic acids is 2. The monoisotopic (exact) mass is 941 g/mol. The summed E-state index contributed by atoms with van der Waals surface area (Å²) >= 11 is 0. The van der Waals surface area contributed by atoms with E-state index >= 15 is 0 Å². The van der Waals surface area contributed by atoms with Crippen molar-refractivity contribution in [2.75, 3.05) is 13.2 Å². The van der Waals surface area contributed by atoms with Crippen molar-refractivity contribution in [3.8, 4) is 0 Å². The number of rotatable bonds is 41. The van der Waals surface area contributed by atoms with Crippen molar-refractivity contribution < 1.29 is 63.1 Å². The summed E-state index contributed by atoms with van der Waals surface area (Å²) in [6, 6.07) is 0. The summed E-state index contributed by atoms with van der Waals surface area (Å²) in [6.45, 7) is 3.21. The van der Waals surface area contributed by atoms with Crippen LogP contribution in [0.2, 0.25) is 0 Å². The molecule has 0 radical (unpaired) electrons. The number of hydrogen-bond donors (Lipinski definition) is 6. The fourth-order valence-corrected chi connectivity index (χ4v) is 8.25. The highest BCUT2D eigenvalue weighted by atomic mass is 31.2. The van der Waals surface area contributed by atoms with Gasteiger partial charge in [-0.2, -0.15) is 0 Å². The van der Waals surface area contributed by atoms with Crippen LogP contribution in [0.4, 0.5) is 0 Å². The zero-order chi connectivity index (χ0) is 47.8. The molecule has 13 nitrogen and oxygen atoms in total. The molecular formula is C51H89O13P. The number of aliphatic hydroxyl groups excluding tert-OH is 5. The third-order valence-electron chi connectivity index (χ3n) is 11.3. The number of aliphatic hydroxyl groups is 5. The van der Waals surface area contributed by atoms with Crippen LogP contribution in [0.1, 0.15) is 194 Å². The van der Waals surface area contributed by atoms with E-state index in [-0.39, 0.29) is 12.8 Å². The van der Waals surface area contributed by atoms with Crippen molar-refractivity contribution in [1.82, 2.24) is 0 Å². The van der Waals surface area contributed by atoms with Crippen LogP contribution in [0, 0.1) is 0 Å². The first-order valence-corrected chi connectivity index (χ1v) is 26.6. The molecule has 6 N–H and O–H groups in total. The molecule has 8 atom stereocenters. The number of ether oxygens (including phenoxy) is 2. The first-order chi connectivity index (χ1) is 31.4. The highest BCUT2D eigenvalue weighted by molar-refractivity contribution is 7.47. The van der Waals surface area contributed by atoms with Crippen LogP contribution in [-0.4, -0.2) is 98.3 Å². The maximum absolute atomic E-state index is 12.8. The van der Waals surface area contributed by atoms with E-state index in [1.165, 1.54) is 77.0 Å². The van der Waals surface area contributed by atoms with E-state index in [9.17, 15) is 44.6 Å². The number of allylic oxidation sites excluding steroid dienone is 10. The Hall–Kier alpha value is -2.45. The molecule has 0 aromatic carbocycles. The molecule has 1 aliphatic carbocycles. The van der Waals surface area contributed by atoms with Gasteiger partial charge in [0.2, 0.25) is 0 Å². The van der Waals surface area contributed by atoms with Crippen LogP contribution in [-0.2, 0) is 32.7 Å². The topological polar surface area (TPSA) is 210 Å². The molecule has 0 saturated heterocycles. The summed E-state index contributed by atoms with van der Waals surface area (Å²) in [5, 5.41) is 50.2. The summed E-state index contributed by atoms with van der Waals surface area (Å²) in [5.74, 6) is -1.14. The highest BCUT2D eigenvalue weighted by Gasteiger charge is 2.51. The van der Waals surface area contributed by atoms with Crippen molar-refractivity contribution >= 4 is 19.8 Å². The van der Waals surface area contributed by atoms with E-state index in [1.54, 1.807) is 0 Å². The van der Waals surface area contributed by atoms with Gasteiger partial charge < -0.3 is 39.9 Å². The van der Waals surface area contributed by atoms with E-state index < -0.39 is 75.7 Å². The van der Waals surface area contributed by atoms with E-state index in [2.05, 4.69) is 74.6 Å². The van der Waals surface area contributed by atoms with Gasteiger partial charge in [-0.25, -0.2) is 4.57 Å². The van der Waals surface area contributed by atoms with Gasteiger partial charge in [0.05, 0.1) is 6.61 Å². The minimum absolute atomic E-state index is 0.0853. The van der Waals surface area contributed by atoms with Crippen molar-refractivity contribution in [3.63, 3.8) is 0 Å². The predicted octanol–water partition coefficient (Wildman–Crippen LogP) is 10.5. The van der Waals surface area contributed by atoms with Gasteiger partial charge in [0.1, 0.15) is 43.2 Å². The minimum atomic E-state index is -5.13. The van der Waals surface area contributed by atoms with Crippen molar-refractivity contribution in [1.29, 1.82) is 0 Å². The first kappa shape index (κ1) is 60.6. The Balaban J connectivity index is 2.44. The third kappa shape index (κ3) is 32.8. The number of hydrogen-bond acceptors (Lipinski definition) is 12. The second kappa shape index (κ2) is 40.6. The molecule has 65 heavy (non-hydrogen) atoms. The lowest BCUT2D eigenvalue weighted by atomic mass is 9.85. The third-order valence-corrected chi connectivity index (χ3v) is 12.3. The maximum atomic E-state index is 12.8. The molecule has 1 aliphatic rings. The number of phosphoric ester groups is 1. The number of carbonyl (C=O) groups is 2. The molecule has 1 saturated carbocycles. The predicted molar refractivity (Wildman–Crippen MR) is 258 cm³/mol. The molecule has 6 unspecified atom stereocenters. The fourth-order valence-electron chi connectivity index (χ4n) is 7.27. The molecule has 0 bridgehead atoms. The average molecular weight is 941 g/mol. The zero-order valence-corrected chi connectivity index (χ0v) is 40.9. The molecule has 14 heteroatoms. The van der Waals surface area contributed by atoms with Crippen LogP contribution in [0.3, 0.4) is 0 Å². The van der Waals surface area contributed by atoms with Crippen LogP contribution in [0.25, 0.3) is 0 Å². The SMILES string of the molecule is CCC/C=C/C/C=C/C/C=C/C/C=C/CCCCCC(=O)OC[C@H](COP(=O)(O)OC1C(O)C(O)C(O)[C@@H](O)C1O)OC(=O)CCCCCCCCCCC/C=C/CCCCCCCC. The van der Waals surface area contributed by atoms with E-state index in [4.69, 9.17) is 18.5 Å². The second-order valence-corrected chi connectivity index (χ2v) is 18.7. The maximum Gasteiger partial charge on any atom is 0.472 e. The fraction of sp³-hybridized carbons (Fsp3) is 0.765. The van der Waals surface area contributed by atoms with E-state index in [1.807, 2.05) is 0 Å². The van der Waals surface area contributed by atoms with Gasteiger partial charge in [0, 0.05) is 12.8 Å². The lowest BCUT2D eigenvalue weighted by Gasteiger charge is -2.41. The van der Waals surface area contributed by atoms with Gasteiger partial charge in [0.25, 0.3) is 0 Å². The van der Waals surface area contributed by atoms with Gasteiger partial charge in [-0.15, -0.1) is 0 Å². The number of unbranched alkanes of at least 4 members (excludes halogenated alkanes) is 19. The molecule has 1 fully saturated rings. The first-order valence-electron chi connectivity index (χ1n) is 25.1. The summed E-state index contributed by atoms with van der Waals surface area (Å²) in [7, 11) is -5.13. The number of phosphoric acid groups is 1. The standard InChI is InChI=1S/C51H89O13P/c1-3-5-7-9-11-13-15-17-19-21-22-24-26-28-30-32-34-36-38-40-45(53)63-43(42-62-65(59,60)64-51-49(57)47(55)46(54)48(56)50(51)58)41-61-44(52)39-37-35-33-31-29-27-25-23-20-18-16-14-12-10-8-6-4-2/h8,10,14,16-17,19-20,23,27,29,43,46-51,54-58H,3-7,9,11-13,15,18,21-22,24-26,28,30-42H2,1-2H3,(H,59,60)/b10-8+,16-14+,19-17+,23-20+,29-27+/t43-,46?,47-,48?,49?,50?,51?/m1/s1. The van der Waals surface area contributed by atoms with Crippen LogP contribution < -0.4 is 0 Å². The Morgan fingerprint density at radius 3 is 1.35 bits per heavy atom. The molecule has 0 heterocycles. The lowest BCUT2D eigenvalue weighted by molar-refractivity contribution is -0.220. The Morgan fingerprint density at radius 1 is 0.477 bits per heavy atom. The summed E-state index contributed by atoms with van der Waals surface area (Å²) < 4.78 is 33.6. The van der Waals surface area contributed by atoms with Crippen molar-refractivity contribution in [2.24, 2.45) is 0 Å². The molecular weight excluding hydrogens is 852 g/mol. The van der Waals surface area contributed by atoms with Gasteiger partial charge in [-0.3, -0.25) is 18.6 Å². The quantitative estimate of drug-likeness (QED) is 0.0146. The summed E-state index contributed by atoms with van der Waals surface area (Å²) in [4.78, 5) is 35.8. The normalized spacial score (nSPS) is 21.9. The summed E-state index contributed by atoms with van der Waals surface area (Å²) in [5.41, 5.74) is 0. The average Bonchev–Trinajstić information content (AvgIpc) is 3.29. The van der Waals surface area contributed by atoms with E-state index in [0.29, 0.717) is 12.8 Å². The van der Waals surface area contributed by atoms with Gasteiger partial charge in [0.15, 0.2) is 6.10 Å². The number of esters is 2. The minimum Gasteiger partial charge on any atom is -0.462 e. The molecule has 0 amide bonds. The molecule has 0 aromatic rings. The largest absolute Gasteiger partial charge is 0.472 e. The van der Waals surface area contributed by atoms with Crippen LogP contribution in [0.5, 0.6) is 0 Å². The van der Waals surface area contributed by atoms with Crippen LogP contribution >= 0.6 is 7.82 Å². The molecule has 0 aliphatic heterocycles. The Bertz CT molecular complexity index is 1370. The van der Waals surface area contributed by atoms with Gasteiger partial charge >= 0.3 is 19.8 Å². The molecule has 376 valence electrons. The van der Waals surface area contributed by atoms with E-state index in [0.717, 1.165) is 77.0 Å². The second-order valence-electron chi connectivity index (χ2n) is 17.3. The van der Waals surface area contributed by atoms with Crippen LogP contribution in [0.15, 0.2) is 60.8 Å². The summed E-state index contributed by atoms with van der Waals surface area (Å²) in [6.07, 6.45) is 36.9. The van der Waals surface area contributed by atoms with Crippen molar-refractivity contribution in [3.05, 3.63) is 60.8 Å². The molecule has 0 aromatic heterocycles. The Morgan fingerprint density at radius 2 is 0.862 bits per heavy atom. The highest BCUT2D eigenvalue weighted by Crippen LogP contribution is 2.47.